The zero-order valence-electron chi connectivity index (χ0n) is 11.3. The van der Waals surface area contributed by atoms with Gasteiger partial charge in [0, 0.05) is 16.8 Å². The predicted molar refractivity (Wildman–Crippen MR) is 76.2 cm³/mol. The summed E-state index contributed by atoms with van der Waals surface area (Å²) in [5.74, 6) is 0. The first-order valence-corrected chi connectivity index (χ1v) is 7.47. The molecule has 1 aliphatic carbocycles. The molecule has 0 unspecified atom stereocenters. The van der Waals surface area contributed by atoms with E-state index in [1.807, 2.05) is 0 Å². The summed E-state index contributed by atoms with van der Waals surface area (Å²) < 4.78 is 38.3. The maximum atomic E-state index is 12.8. The summed E-state index contributed by atoms with van der Waals surface area (Å²) in [5.41, 5.74) is -0.228. The first kappa shape index (κ1) is 15.5. The molecule has 0 amide bonds. The van der Waals surface area contributed by atoms with Gasteiger partial charge < -0.3 is 5.32 Å². The molecule has 1 nitrogen and oxygen atoms in total. The second-order valence-corrected chi connectivity index (χ2v) is 5.85. The van der Waals surface area contributed by atoms with E-state index >= 15 is 0 Å². The van der Waals surface area contributed by atoms with Gasteiger partial charge in [-0.25, -0.2) is 0 Å². The van der Waals surface area contributed by atoms with Crippen LogP contribution >= 0.6 is 11.6 Å². The average Bonchev–Trinajstić information content (AvgIpc) is 2.30. The van der Waals surface area contributed by atoms with Crippen molar-refractivity contribution in [1.82, 2.24) is 0 Å². The van der Waals surface area contributed by atoms with Gasteiger partial charge in [-0.1, -0.05) is 43.7 Å². The van der Waals surface area contributed by atoms with Crippen LogP contribution in [0.1, 0.15) is 50.5 Å². The molecule has 1 aliphatic rings. The maximum Gasteiger partial charge on any atom is 0.416 e. The van der Waals surface area contributed by atoms with Gasteiger partial charge in [0.1, 0.15) is 0 Å². The summed E-state index contributed by atoms with van der Waals surface area (Å²) in [5, 5.41) is 3.34. The Morgan fingerprint density at radius 3 is 2.15 bits per heavy atom. The molecule has 5 heteroatoms. The maximum absolute atomic E-state index is 12.8. The summed E-state index contributed by atoms with van der Waals surface area (Å²) in [7, 11) is 0. The number of anilines is 1. The molecule has 0 aromatic heterocycles. The van der Waals surface area contributed by atoms with E-state index in [0.29, 0.717) is 5.69 Å². The van der Waals surface area contributed by atoms with E-state index in [2.05, 4.69) is 5.32 Å². The van der Waals surface area contributed by atoms with Gasteiger partial charge in [0.15, 0.2) is 0 Å². The molecule has 1 saturated carbocycles. The largest absolute Gasteiger partial charge is 0.416 e. The first-order chi connectivity index (χ1) is 9.45. The molecule has 2 rings (SSSR count). The number of benzene rings is 1. The smallest absolute Gasteiger partial charge is 0.382 e. The van der Waals surface area contributed by atoms with Gasteiger partial charge in [-0.15, -0.1) is 0 Å². The summed E-state index contributed by atoms with van der Waals surface area (Å²) >= 11 is 5.79. The quantitative estimate of drug-likeness (QED) is 0.719. The van der Waals surface area contributed by atoms with Gasteiger partial charge in [0.05, 0.1) is 5.56 Å². The van der Waals surface area contributed by atoms with Crippen LogP contribution in [0.15, 0.2) is 18.2 Å². The second-order valence-electron chi connectivity index (χ2n) is 5.41. The molecule has 0 atom stereocenters. The third kappa shape index (κ3) is 4.58. The van der Waals surface area contributed by atoms with Crippen LogP contribution in [0.3, 0.4) is 0 Å². The van der Waals surface area contributed by atoms with Crippen LogP contribution in [0, 0.1) is 0 Å². The van der Waals surface area contributed by atoms with E-state index in [9.17, 15) is 13.2 Å². The number of alkyl halides is 3. The van der Waals surface area contributed by atoms with Crippen molar-refractivity contribution >= 4 is 17.3 Å². The number of hydrogen-bond donors (Lipinski definition) is 1. The second kappa shape index (κ2) is 6.70. The van der Waals surface area contributed by atoms with E-state index in [0.717, 1.165) is 37.8 Å². The molecule has 0 radical (unpaired) electrons. The first-order valence-electron chi connectivity index (χ1n) is 7.09. The van der Waals surface area contributed by atoms with Gasteiger partial charge in [0.25, 0.3) is 0 Å². The lowest BCUT2D eigenvalue weighted by molar-refractivity contribution is -0.137. The van der Waals surface area contributed by atoms with Gasteiger partial charge in [-0.3, -0.25) is 0 Å². The van der Waals surface area contributed by atoms with E-state index in [4.69, 9.17) is 11.6 Å². The van der Waals surface area contributed by atoms with Crippen molar-refractivity contribution < 1.29 is 13.2 Å². The van der Waals surface area contributed by atoms with Crippen molar-refractivity contribution in [3.63, 3.8) is 0 Å². The molecule has 0 spiro atoms. The van der Waals surface area contributed by atoms with Crippen LogP contribution in [0.2, 0.25) is 5.02 Å². The summed E-state index contributed by atoms with van der Waals surface area (Å²) in [4.78, 5) is 0. The topological polar surface area (TPSA) is 12.0 Å². The fourth-order valence-electron chi connectivity index (χ4n) is 2.67. The Kier molecular flexibility index (Phi) is 5.19. The molecule has 0 saturated heterocycles. The van der Waals surface area contributed by atoms with Gasteiger partial charge in [-0.05, 0) is 31.0 Å². The average molecular weight is 306 g/mol. The normalized spacial score (nSPS) is 18.4. The molecule has 20 heavy (non-hydrogen) atoms. The van der Waals surface area contributed by atoms with Crippen molar-refractivity contribution in [3.8, 4) is 0 Å². The minimum Gasteiger partial charge on any atom is -0.382 e. The standard InChI is InChI=1S/C15H19ClF3N/c16-12-8-11(15(17,18)19)9-14(10-12)20-13-6-4-2-1-3-5-7-13/h8-10,13,20H,1-7H2. The molecule has 112 valence electrons. The van der Waals surface area contributed by atoms with E-state index in [-0.39, 0.29) is 11.1 Å². The molecule has 1 aromatic rings. The highest BCUT2D eigenvalue weighted by molar-refractivity contribution is 6.30. The van der Waals surface area contributed by atoms with Crippen LogP contribution in [-0.2, 0) is 6.18 Å². The minimum absolute atomic E-state index is 0.119. The highest BCUT2D eigenvalue weighted by Crippen LogP contribution is 2.34. The SMILES string of the molecule is FC(F)(F)c1cc(Cl)cc(NC2CCCCCCC2)c1. The Bertz CT molecular complexity index is 437. The summed E-state index contributed by atoms with van der Waals surface area (Å²) in [6.07, 6.45) is 3.60. The Balaban J connectivity index is 2.09. The predicted octanol–water partition coefficient (Wildman–Crippen LogP) is 5.88. The molecule has 1 N–H and O–H groups in total. The Labute approximate surface area is 122 Å². The Morgan fingerprint density at radius 1 is 0.950 bits per heavy atom. The monoisotopic (exact) mass is 305 g/mol. The molecular formula is C15H19ClF3N. The number of rotatable bonds is 2. The lowest BCUT2D eigenvalue weighted by atomic mass is 9.96. The number of nitrogens with one attached hydrogen (secondary N) is 1. The minimum atomic E-state index is -4.36. The molecule has 1 fully saturated rings. The van der Waals surface area contributed by atoms with Crippen LogP contribution in [-0.4, -0.2) is 6.04 Å². The van der Waals surface area contributed by atoms with Gasteiger partial charge in [0.2, 0.25) is 0 Å². The molecule has 0 bridgehead atoms. The fraction of sp³-hybridized carbons (Fsp3) is 0.600. The van der Waals surface area contributed by atoms with Gasteiger partial charge >= 0.3 is 6.18 Å². The Hall–Kier alpha value is -0.900. The zero-order chi connectivity index (χ0) is 14.6. The van der Waals surface area contributed by atoms with E-state index in [1.165, 1.54) is 19.3 Å². The Morgan fingerprint density at radius 2 is 1.55 bits per heavy atom. The molecule has 1 aromatic carbocycles. The van der Waals surface area contributed by atoms with E-state index < -0.39 is 11.7 Å². The van der Waals surface area contributed by atoms with Crippen molar-refractivity contribution in [2.45, 2.75) is 57.2 Å². The lowest BCUT2D eigenvalue weighted by Crippen LogP contribution is -2.21. The van der Waals surface area contributed by atoms with Crippen LogP contribution < -0.4 is 5.32 Å². The zero-order valence-corrected chi connectivity index (χ0v) is 12.0. The van der Waals surface area contributed by atoms with Crippen LogP contribution in [0.25, 0.3) is 0 Å². The molecule has 0 aliphatic heterocycles. The van der Waals surface area contributed by atoms with Crippen molar-refractivity contribution in [2.24, 2.45) is 0 Å². The van der Waals surface area contributed by atoms with Crippen LogP contribution in [0.4, 0.5) is 18.9 Å². The fourth-order valence-corrected chi connectivity index (χ4v) is 2.91. The van der Waals surface area contributed by atoms with Crippen LogP contribution in [0.5, 0.6) is 0 Å². The third-order valence-corrected chi connectivity index (χ3v) is 3.92. The summed E-state index contributed by atoms with van der Waals surface area (Å²) in [6, 6.07) is 3.92. The summed E-state index contributed by atoms with van der Waals surface area (Å²) in [6.45, 7) is 0. The molecular weight excluding hydrogens is 287 g/mol. The van der Waals surface area contributed by atoms with Gasteiger partial charge in [-0.2, -0.15) is 13.2 Å². The molecule has 0 heterocycles. The van der Waals surface area contributed by atoms with Crippen molar-refractivity contribution in [1.29, 1.82) is 0 Å². The van der Waals surface area contributed by atoms with E-state index in [1.54, 1.807) is 6.07 Å². The van der Waals surface area contributed by atoms with Crippen molar-refractivity contribution in [3.05, 3.63) is 28.8 Å². The van der Waals surface area contributed by atoms with Crippen molar-refractivity contribution in [2.75, 3.05) is 5.32 Å². The highest BCUT2D eigenvalue weighted by atomic mass is 35.5. The highest BCUT2D eigenvalue weighted by Gasteiger charge is 2.31. The number of hydrogen-bond acceptors (Lipinski definition) is 1. The lowest BCUT2D eigenvalue weighted by Gasteiger charge is -2.23. The third-order valence-electron chi connectivity index (χ3n) is 3.70. The number of halogens is 4.